The molecule has 3 aromatic carbocycles. The minimum atomic E-state index is -0.447. The molecule has 0 saturated carbocycles. The van der Waals surface area contributed by atoms with Crippen LogP contribution in [0.2, 0.25) is 5.02 Å². The third-order valence-corrected chi connectivity index (χ3v) is 4.31. The van der Waals surface area contributed by atoms with Crippen molar-refractivity contribution in [2.45, 2.75) is 6.92 Å². The predicted molar refractivity (Wildman–Crippen MR) is 105 cm³/mol. The Morgan fingerprint density at radius 2 is 1.41 bits per heavy atom. The zero-order valence-corrected chi connectivity index (χ0v) is 15.2. The number of aryl methyl sites for hydroxylation is 1. The number of hydrogen-bond acceptors (Lipinski definition) is 2. The highest BCUT2D eigenvalue weighted by atomic mass is 35.5. The van der Waals surface area contributed by atoms with Crippen molar-refractivity contribution in [2.75, 3.05) is 10.6 Å². The highest BCUT2D eigenvalue weighted by molar-refractivity contribution is 6.31. The maximum Gasteiger partial charge on any atom is 0.255 e. The minimum absolute atomic E-state index is 0.286. The standard InChI is InChI=1S/C21H16ClFN2O2/c1-13-8-9-18(12-19(13)22)25-21(27)15-5-2-4-14(10-15)20(26)24-17-7-3-6-16(23)11-17/h2-12H,1H3,(H,24,26)(H,25,27). The van der Waals surface area contributed by atoms with E-state index in [0.29, 0.717) is 22.0 Å². The molecule has 0 unspecified atom stereocenters. The molecule has 0 radical (unpaired) electrons. The molecule has 0 bridgehead atoms. The smallest absolute Gasteiger partial charge is 0.255 e. The number of halogens is 2. The summed E-state index contributed by atoms with van der Waals surface area (Å²) in [6.07, 6.45) is 0. The molecular weight excluding hydrogens is 367 g/mol. The summed E-state index contributed by atoms with van der Waals surface area (Å²) in [5.41, 5.74) is 2.41. The maximum absolute atomic E-state index is 13.2. The van der Waals surface area contributed by atoms with Gasteiger partial charge in [-0.1, -0.05) is 29.8 Å². The van der Waals surface area contributed by atoms with Gasteiger partial charge in [-0.3, -0.25) is 9.59 Å². The number of benzene rings is 3. The zero-order chi connectivity index (χ0) is 19.4. The third kappa shape index (κ3) is 4.71. The van der Waals surface area contributed by atoms with Crippen LogP contribution in [0.1, 0.15) is 26.3 Å². The lowest BCUT2D eigenvalue weighted by Gasteiger charge is -2.09. The van der Waals surface area contributed by atoms with Crippen LogP contribution >= 0.6 is 11.6 Å². The van der Waals surface area contributed by atoms with E-state index in [9.17, 15) is 14.0 Å². The molecule has 6 heteroatoms. The lowest BCUT2D eigenvalue weighted by molar-refractivity contribution is 0.102. The monoisotopic (exact) mass is 382 g/mol. The summed E-state index contributed by atoms with van der Waals surface area (Å²) in [6.45, 7) is 1.87. The van der Waals surface area contributed by atoms with Crippen molar-refractivity contribution in [3.63, 3.8) is 0 Å². The van der Waals surface area contributed by atoms with Crippen molar-refractivity contribution in [3.05, 3.63) is 94.3 Å². The van der Waals surface area contributed by atoms with Crippen LogP contribution in [0, 0.1) is 12.7 Å². The highest BCUT2D eigenvalue weighted by Gasteiger charge is 2.12. The van der Waals surface area contributed by atoms with Crippen LogP contribution in [-0.4, -0.2) is 11.8 Å². The van der Waals surface area contributed by atoms with E-state index in [4.69, 9.17) is 11.6 Å². The summed E-state index contributed by atoms with van der Waals surface area (Å²) in [5, 5.41) is 5.90. The van der Waals surface area contributed by atoms with Crippen molar-refractivity contribution in [1.29, 1.82) is 0 Å². The molecule has 2 amide bonds. The largest absolute Gasteiger partial charge is 0.322 e. The first-order chi connectivity index (χ1) is 12.9. The van der Waals surface area contributed by atoms with Crippen LogP contribution in [0.4, 0.5) is 15.8 Å². The molecule has 4 nitrogen and oxygen atoms in total. The summed E-state index contributed by atoms with van der Waals surface area (Å²) in [5.74, 6) is -1.25. The number of hydrogen-bond donors (Lipinski definition) is 2. The van der Waals surface area contributed by atoms with Crippen LogP contribution < -0.4 is 10.6 Å². The van der Waals surface area contributed by atoms with Gasteiger partial charge in [0.2, 0.25) is 0 Å². The SMILES string of the molecule is Cc1ccc(NC(=O)c2cccc(C(=O)Nc3cccc(F)c3)c2)cc1Cl. The van der Waals surface area contributed by atoms with Gasteiger partial charge in [0, 0.05) is 27.5 Å². The zero-order valence-electron chi connectivity index (χ0n) is 14.4. The van der Waals surface area contributed by atoms with Crippen molar-refractivity contribution in [1.82, 2.24) is 0 Å². The molecule has 136 valence electrons. The summed E-state index contributed by atoms with van der Waals surface area (Å²) >= 11 is 6.07. The van der Waals surface area contributed by atoms with E-state index in [1.54, 1.807) is 42.5 Å². The van der Waals surface area contributed by atoms with Crippen molar-refractivity contribution >= 4 is 34.8 Å². The van der Waals surface area contributed by atoms with Crippen LogP contribution in [0.3, 0.4) is 0 Å². The van der Waals surface area contributed by atoms with Crippen molar-refractivity contribution in [3.8, 4) is 0 Å². The lowest BCUT2D eigenvalue weighted by atomic mass is 10.1. The first-order valence-electron chi connectivity index (χ1n) is 8.17. The number of carbonyl (C=O) groups is 2. The first-order valence-corrected chi connectivity index (χ1v) is 8.54. The Hall–Kier alpha value is -3.18. The van der Waals surface area contributed by atoms with Crippen LogP contribution in [-0.2, 0) is 0 Å². The van der Waals surface area contributed by atoms with E-state index in [2.05, 4.69) is 10.6 Å². The molecule has 3 rings (SSSR count). The molecule has 0 aromatic heterocycles. The van der Waals surface area contributed by atoms with Gasteiger partial charge in [0.25, 0.3) is 11.8 Å². The van der Waals surface area contributed by atoms with Crippen LogP contribution in [0.25, 0.3) is 0 Å². The second kappa shape index (κ2) is 8.01. The summed E-state index contributed by atoms with van der Waals surface area (Å²) < 4.78 is 13.2. The minimum Gasteiger partial charge on any atom is -0.322 e. The number of carbonyl (C=O) groups excluding carboxylic acids is 2. The van der Waals surface area contributed by atoms with E-state index >= 15 is 0 Å². The summed E-state index contributed by atoms with van der Waals surface area (Å²) in [4.78, 5) is 24.8. The van der Waals surface area contributed by atoms with E-state index in [1.165, 1.54) is 24.3 Å². The van der Waals surface area contributed by atoms with Crippen molar-refractivity contribution in [2.24, 2.45) is 0 Å². The van der Waals surface area contributed by atoms with Crippen LogP contribution in [0.5, 0.6) is 0 Å². The second-order valence-electron chi connectivity index (χ2n) is 5.96. The Bertz CT molecular complexity index is 1020. The van der Waals surface area contributed by atoms with Gasteiger partial charge < -0.3 is 10.6 Å². The van der Waals surface area contributed by atoms with Gasteiger partial charge in [0.1, 0.15) is 5.82 Å². The normalized spacial score (nSPS) is 10.3. The molecular formula is C21H16ClFN2O2. The van der Waals surface area contributed by atoms with E-state index in [1.807, 2.05) is 6.92 Å². The molecule has 0 aliphatic carbocycles. The molecule has 0 heterocycles. The molecule has 0 saturated heterocycles. The molecule has 0 fully saturated rings. The third-order valence-electron chi connectivity index (χ3n) is 3.90. The van der Waals surface area contributed by atoms with Gasteiger partial charge >= 0.3 is 0 Å². The molecule has 27 heavy (non-hydrogen) atoms. The van der Waals surface area contributed by atoms with Gasteiger partial charge in [-0.2, -0.15) is 0 Å². The molecule has 0 atom stereocenters. The topological polar surface area (TPSA) is 58.2 Å². The Morgan fingerprint density at radius 1 is 0.815 bits per heavy atom. The quantitative estimate of drug-likeness (QED) is 0.644. The lowest BCUT2D eigenvalue weighted by Crippen LogP contribution is -2.15. The van der Waals surface area contributed by atoms with E-state index in [0.717, 1.165) is 5.56 Å². The van der Waals surface area contributed by atoms with Gasteiger partial charge in [-0.25, -0.2) is 4.39 Å². The Balaban J connectivity index is 1.75. The molecule has 0 spiro atoms. The van der Waals surface area contributed by atoms with Crippen LogP contribution in [0.15, 0.2) is 66.7 Å². The first kappa shape index (κ1) is 18.6. The predicted octanol–water partition coefficient (Wildman–Crippen LogP) is 5.29. The maximum atomic E-state index is 13.2. The number of anilines is 2. The molecule has 0 aliphatic rings. The number of rotatable bonds is 4. The summed E-state index contributed by atoms with van der Waals surface area (Å²) in [7, 11) is 0. The average molecular weight is 383 g/mol. The van der Waals surface area contributed by atoms with Crippen molar-refractivity contribution < 1.29 is 14.0 Å². The summed E-state index contributed by atoms with van der Waals surface area (Å²) in [6, 6.07) is 17.1. The van der Waals surface area contributed by atoms with E-state index in [-0.39, 0.29) is 11.5 Å². The number of amides is 2. The fourth-order valence-corrected chi connectivity index (χ4v) is 2.63. The highest BCUT2D eigenvalue weighted by Crippen LogP contribution is 2.21. The average Bonchev–Trinajstić information content (AvgIpc) is 2.65. The molecule has 3 aromatic rings. The Kier molecular flexibility index (Phi) is 5.52. The molecule has 0 aliphatic heterocycles. The number of nitrogens with one attached hydrogen (secondary N) is 2. The second-order valence-corrected chi connectivity index (χ2v) is 6.37. The fraction of sp³-hybridized carbons (Fsp3) is 0.0476. The van der Waals surface area contributed by atoms with Gasteiger partial charge in [-0.15, -0.1) is 0 Å². The van der Waals surface area contributed by atoms with E-state index < -0.39 is 11.7 Å². The Morgan fingerprint density at radius 3 is 2.00 bits per heavy atom. The molecule has 2 N–H and O–H groups in total. The van der Waals surface area contributed by atoms with Gasteiger partial charge in [-0.05, 0) is 61.0 Å². The fourth-order valence-electron chi connectivity index (χ4n) is 2.45. The Labute approximate surface area is 161 Å². The van der Waals surface area contributed by atoms with Gasteiger partial charge in [0.05, 0.1) is 0 Å². The van der Waals surface area contributed by atoms with Gasteiger partial charge in [0.15, 0.2) is 0 Å².